The third-order valence-corrected chi connectivity index (χ3v) is 4.04. The van der Waals surface area contributed by atoms with E-state index in [2.05, 4.69) is 22.3 Å². The summed E-state index contributed by atoms with van der Waals surface area (Å²) in [5.74, 6) is 0.270. The highest BCUT2D eigenvalue weighted by Gasteiger charge is 2.34. The Morgan fingerprint density at radius 2 is 2.19 bits per heavy atom. The Hall–Kier alpha value is -2.74. The Bertz CT molecular complexity index is 834. The second-order valence-corrected chi connectivity index (χ2v) is 6.65. The van der Waals surface area contributed by atoms with Crippen LogP contribution in [0.15, 0.2) is 35.3 Å². The first kappa shape index (κ1) is 18.1. The number of carbonyl (C=O) groups excluding carboxylic acids is 1. The second kappa shape index (κ2) is 7.65. The van der Waals surface area contributed by atoms with E-state index in [1.807, 2.05) is 13.0 Å². The summed E-state index contributed by atoms with van der Waals surface area (Å²) in [5, 5.41) is 6.90. The molecule has 1 amide bonds. The summed E-state index contributed by atoms with van der Waals surface area (Å²) in [4.78, 5) is 27.9. The summed E-state index contributed by atoms with van der Waals surface area (Å²) in [6.45, 7) is 6.25. The molecule has 8 heteroatoms. The van der Waals surface area contributed by atoms with Crippen molar-refractivity contribution in [3.8, 4) is 17.1 Å². The molecule has 1 fully saturated rings. The van der Waals surface area contributed by atoms with Gasteiger partial charge in [0.15, 0.2) is 0 Å². The molecule has 0 unspecified atom stereocenters. The number of nitrogens with one attached hydrogen (secondary N) is 1. The smallest absolute Gasteiger partial charge is 0.267 e. The number of rotatable bonds is 7. The first-order chi connectivity index (χ1) is 12.5. The third kappa shape index (κ3) is 4.26. The summed E-state index contributed by atoms with van der Waals surface area (Å²) >= 11 is 0. The zero-order chi connectivity index (χ0) is 18.6. The average molecular weight is 360 g/mol. The summed E-state index contributed by atoms with van der Waals surface area (Å²) in [7, 11) is 0. The fourth-order valence-corrected chi connectivity index (χ4v) is 2.50. The van der Waals surface area contributed by atoms with Gasteiger partial charge < -0.3 is 14.8 Å². The molecule has 0 spiro atoms. The zero-order valence-corrected chi connectivity index (χ0v) is 14.9. The van der Waals surface area contributed by atoms with E-state index in [0.717, 1.165) is 10.2 Å². The molecule has 2 aromatic rings. The molecular formula is C18H24N4O4. The number of aromatic nitrogens is 3. The molecule has 0 aliphatic carbocycles. The van der Waals surface area contributed by atoms with E-state index < -0.39 is 0 Å². The highest BCUT2D eigenvalue weighted by Crippen LogP contribution is 2.27. The van der Waals surface area contributed by atoms with Gasteiger partial charge in [0.25, 0.3) is 5.56 Å². The highest BCUT2D eigenvalue weighted by atomic mass is 16.5. The van der Waals surface area contributed by atoms with Gasteiger partial charge in [0, 0.05) is 37.3 Å². The number of amides is 1. The van der Waals surface area contributed by atoms with Gasteiger partial charge in [-0.1, -0.05) is 6.92 Å². The Kier molecular flexibility index (Phi) is 5.32. The first-order valence-corrected chi connectivity index (χ1v) is 8.51. The molecule has 1 N–H and O–H groups in total. The van der Waals surface area contributed by atoms with Crippen molar-refractivity contribution < 1.29 is 15.7 Å². The van der Waals surface area contributed by atoms with E-state index in [0.29, 0.717) is 37.9 Å². The van der Waals surface area contributed by atoms with Crippen LogP contribution in [0.25, 0.3) is 11.3 Å². The Balaban J connectivity index is 0.00000261. The molecular weight excluding hydrogens is 336 g/mol. The van der Waals surface area contributed by atoms with Gasteiger partial charge in [0.1, 0.15) is 6.54 Å². The lowest BCUT2D eigenvalue weighted by Crippen LogP contribution is -2.44. The fraction of sp³-hybridized carbons (Fsp3) is 0.444. The number of nitrogens with zero attached hydrogens (tertiary/aromatic N) is 3. The minimum absolute atomic E-state index is 0. The molecule has 2 aromatic heterocycles. The van der Waals surface area contributed by atoms with E-state index in [1.54, 1.807) is 18.3 Å². The molecule has 140 valence electrons. The van der Waals surface area contributed by atoms with Gasteiger partial charge in [-0.25, -0.2) is 9.67 Å². The van der Waals surface area contributed by atoms with Gasteiger partial charge in [-0.05, 0) is 19.1 Å². The van der Waals surface area contributed by atoms with Gasteiger partial charge in [-0.15, -0.1) is 0 Å². The topological polar surface area (TPSA) is 95.3 Å². The van der Waals surface area contributed by atoms with Crippen LogP contribution in [-0.2, 0) is 16.1 Å². The minimum atomic E-state index is -0.330. The molecule has 1 aliphatic heterocycles. The molecule has 8 nitrogen and oxygen atoms in total. The standard InChI is InChI=1S/C18H22N4O4.H2/c1-3-19-15(23)9-22-17(24)7-5-14(21-22)13-4-6-16(20-8-13)26-12-18(2)10-25-11-18;/h4-8H,3,9-12H2,1-2H3,(H,19,23);1H. The lowest BCUT2D eigenvalue weighted by molar-refractivity contribution is -0.121. The predicted octanol–water partition coefficient (Wildman–Crippen LogP) is 1.10. The van der Waals surface area contributed by atoms with Gasteiger partial charge in [0.2, 0.25) is 11.8 Å². The van der Waals surface area contributed by atoms with Crippen LogP contribution in [0.4, 0.5) is 0 Å². The van der Waals surface area contributed by atoms with Crippen LogP contribution < -0.4 is 15.6 Å². The normalized spacial score (nSPS) is 15.2. The van der Waals surface area contributed by atoms with E-state index >= 15 is 0 Å². The van der Waals surface area contributed by atoms with Crippen molar-refractivity contribution in [3.63, 3.8) is 0 Å². The largest absolute Gasteiger partial charge is 0.477 e. The van der Waals surface area contributed by atoms with Crippen LogP contribution >= 0.6 is 0 Å². The maximum atomic E-state index is 11.9. The maximum absolute atomic E-state index is 11.9. The molecule has 0 bridgehead atoms. The quantitative estimate of drug-likeness (QED) is 0.794. The van der Waals surface area contributed by atoms with Gasteiger partial charge in [0.05, 0.1) is 25.5 Å². The van der Waals surface area contributed by atoms with Gasteiger partial charge in [-0.2, -0.15) is 5.10 Å². The van der Waals surface area contributed by atoms with E-state index in [-0.39, 0.29) is 24.9 Å². The van der Waals surface area contributed by atoms with Crippen molar-refractivity contribution in [1.82, 2.24) is 20.1 Å². The number of hydrogen-bond donors (Lipinski definition) is 1. The summed E-state index contributed by atoms with van der Waals surface area (Å²) in [6, 6.07) is 6.59. The molecule has 0 atom stereocenters. The van der Waals surface area contributed by atoms with Crippen LogP contribution in [0.1, 0.15) is 15.3 Å². The lowest BCUT2D eigenvalue weighted by atomic mass is 9.90. The highest BCUT2D eigenvalue weighted by molar-refractivity contribution is 5.75. The molecule has 26 heavy (non-hydrogen) atoms. The fourth-order valence-electron chi connectivity index (χ4n) is 2.50. The van der Waals surface area contributed by atoms with Crippen molar-refractivity contribution >= 4 is 5.91 Å². The van der Waals surface area contributed by atoms with E-state index in [9.17, 15) is 9.59 Å². The molecule has 1 saturated heterocycles. The Morgan fingerprint density at radius 1 is 1.38 bits per heavy atom. The van der Waals surface area contributed by atoms with Crippen LogP contribution in [0.2, 0.25) is 0 Å². The van der Waals surface area contributed by atoms with Gasteiger partial charge >= 0.3 is 0 Å². The van der Waals surface area contributed by atoms with E-state index in [1.165, 1.54) is 6.07 Å². The predicted molar refractivity (Wildman–Crippen MR) is 96.9 cm³/mol. The van der Waals surface area contributed by atoms with Crippen LogP contribution in [0.3, 0.4) is 0 Å². The van der Waals surface area contributed by atoms with Crippen LogP contribution in [0.5, 0.6) is 5.88 Å². The monoisotopic (exact) mass is 360 g/mol. The minimum Gasteiger partial charge on any atom is -0.477 e. The molecule has 1 aliphatic rings. The molecule has 0 saturated carbocycles. The van der Waals surface area contributed by atoms with Crippen molar-refractivity contribution in [1.29, 1.82) is 0 Å². The van der Waals surface area contributed by atoms with Crippen molar-refractivity contribution in [2.24, 2.45) is 5.41 Å². The zero-order valence-electron chi connectivity index (χ0n) is 14.9. The molecule has 3 rings (SSSR count). The summed E-state index contributed by atoms with van der Waals surface area (Å²) < 4.78 is 12.0. The average Bonchev–Trinajstić information content (AvgIpc) is 2.61. The number of ether oxygens (including phenoxy) is 2. The maximum Gasteiger partial charge on any atom is 0.267 e. The summed E-state index contributed by atoms with van der Waals surface area (Å²) in [5.41, 5.74) is 1.02. The van der Waals surface area contributed by atoms with E-state index in [4.69, 9.17) is 9.47 Å². The number of pyridine rings is 1. The Labute approximate surface area is 152 Å². The van der Waals surface area contributed by atoms with Crippen LogP contribution in [0, 0.1) is 5.41 Å². The third-order valence-electron chi connectivity index (χ3n) is 4.04. The van der Waals surface area contributed by atoms with Crippen molar-refractivity contribution in [2.75, 3.05) is 26.4 Å². The van der Waals surface area contributed by atoms with Crippen LogP contribution in [-0.4, -0.2) is 47.0 Å². The van der Waals surface area contributed by atoms with Crippen molar-refractivity contribution in [3.05, 3.63) is 40.8 Å². The molecule has 0 aromatic carbocycles. The Morgan fingerprint density at radius 3 is 2.81 bits per heavy atom. The molecule has 3 heterocycles. The second-order valence-electron chi connectivity index (χ2n) is 6.65. The number of carbonyl (C=O) groups is 1. The summed E-state index contributed by atoms with van der Waals surface area (Å²) in [6.07, 6.45) is 1.64. The lowest BCUT2D eigenvalue weighted by Gasteiger charge is -2.37. The van der Waals surface area contributed by atoms with Crippen molar-refractivity contribution in [2.45, 2.75) is 20.4 Å². The number of likely N-dealkylation sites (N-methyl/N-ethyl adjacent to an activating group) is 1. The van der Waals surface area contributed by atoms with Gasteiger partial charge in [-0.3, -0.25) is 9.59 Å². The first-order valence-electron chi connectivity index (χ1n) is 8.51. The number of hydrogen-bond acceptors (Lipinski definition) is 6. The SMILES string of the molecule is CCNC(=O)Cn1nc(-c2ccc(OCC3(C)COC3)nc2)ccc1=O.[HH]. The molecule has 0 radical (unpaired) electrons.